The van der Waals surface area contributed by atoms with E-state index in [-0.39, 0.29) is 18.1 Å². The van der Waals surface area contributed by atoms with Gasteiger partial charge in [-0.05, 0) is 37.6 Å². The number of anilines is 1. The molecule has 0 aliphatic rings. The van der Waals surface area contributed by atoms with Crippen LogP contribution in [0.25, 0.3) is 0 Å². The molecular formula is C16H18FNOS. The van der Waals surface area contributed by atoms with Crippen molar-refractivity contribution in [2.75, 3.05) is 18.0 Å². The number of rotatable bonds is 6. The van der Waals surface area contributed by atoms with Crippen molar-refractivity contribution >= 4 is 22.8 Å². The molecule has 2 rings (SSSR count). The van der Waals surface area contributed by atoms with Crippen molar-refractivity contribution in [1.82, 2.24) is 0 Å². The van der Waals surface area contributed by atoms with Crippen molar-refractivity contribution in [3.63, 3.8) is 0 Å². The monoisotopic (exact) mass is 291 g/mol. The average molecular weight is 291 g/mol. The molecule has 0 saturated heterocycles. The number of likely N-dealkylation sites (N-methyl/N-ethyl adjacent to an activating group) is 1. The number of thiophene rings is 1. The molecule has 0 atom stereocenters. The number of Topliss-reactive ketones (excluding diaryl/α,β-unsaturated/α-hetero) is 1. The molecule has 20 heavy (non-hydrogen) atoms. The topological polar surface area (TPSA) is 20.3 Å². The van der Waals surface area contributed by atoms with Crippen LogP contribution < -0.4 is 4.90 Å². The average Bonchev–Trinajstić information content (AvgIpc) is 2.94. The molecule has 4 heteroatoms. The highest BCUT2D eigenvalue weighted by molar-refractivity contribution is 7.14. The van der Waals surface area contributed by atoms with Crippen molar-refractivity contribution in [1.29, 1.82) is 0 Å². The Morgan fingerprint density at radius 3 is 2.55 bits per heavy atom. The van der Waals surface area contributed by atoms with Gasteiger partial charge in [-0.1, -0.05) is 19.1 Å². The van der Waals surface area contributed by atoms with Crippen LogP contribution in [0.15, 0.2) is 36.4 Å². The SMILES string of the molecule is CCc1ccc(C(=O)CN(CC)c2ccccc2F)s1. The zero-order chi connectivity index (χ0) is 14.5. The minimum Gasteiger partial charge on any atom is -0.362 e. The van der Waals surface area contributed by atoms with Crippen LogP contribution in [0.5, 0.6) is 0 Å². The van der Waals surface area contributed by atoms with Gasteiger partial charge in [0, 0.05) is 11.4 Å². The summed E-state index contributed by atoms with van der Waals surface area (Å²) >= 11 is 1.52. The second-order valence-electron chi connectivity index (χ2n) is 4.51. The van der Waals surface area contributed by atoms with Crippen LogP contribution in [0.3, 0.4) is 0 Å². The summed E-state index contributed by atoms with van der Waals surface area (Å²) in [5, 5.41) is 0. The fourth-order valence-electron chi connectivity index (χ4n) is 2.04. The Morgan fingerprint density at radius 2 is 1.95 bits per heavy atom. The molecule has 0 saturated carbocycles. The van der Waals surface area contributed by atoms with Crippen molar-refractivity contribution in [3.8, 4) is 0 Å². The van der Waals surface area contributed by atoms with E-state index in [1.165, 1.54) is 22.3 Å². The highest BCUT2D eigenvalue weighted by Crippen LogP contribution is 2.21. The lowest BCUT2D eigenvalue weighted by atomic mass is 10.2. The Balaban J connectivity index is 2.14. The fourth-order valence-corrected chi connectivity index (χ4v) is 2.92. The molecule has 0 radical (unpaired) electrons. The first-order valence-electron chi connectivity index (χ1n) is 6.77. The predicted octanol–water partition coefficient (Wildman–Crippen LogP) is 4.16. The predicted molar refractivity (Wildman–Crippen MR) is 82.3 cm³/mol. The van der Waals surface area contributed by atoms with E-state index in [4.69, 9.17) is 0 Å². The Bertz CT molecular complexity index is 594. The number of aryl methyl sites for hydroxylation is 1. The zero-order valence-electron chi connectivity index (χ0n) is 11.7. The van der Waals surface area contributed by atoms with Crippen LogP contribution in [0, 0.1) is 5.82 Å². The third-order valence-corrected chi connectivity index (χ3v) is 4.46. The van der Waals surface area contributed by atoms with Crippen LogP contribution in [0.2, 0.25) is 0 Å². The van der Waals surface area contributed by atoms with Gasteiger partial charge in [-0.15, -0.1) is 11.3 Å². The molecule has 0 aliphatic heterocycles. The summed E-state index contributed by atoms with van der Waals surface area (Å²) in [7, 11) is 0. The molecule has 0 amide bonds. The van der Waals surface area contributed by atoms with Gasteiger partial charge < -0.3 is 4.90 Å². The first-order valence-corrected chi connectivity index (χ1v) is 7.58. The standard InChI is InChI=1S/C16H18FNOS/c1-3-12-9-10-16(20-12)15(19)11-18(4-2)14-8-6-5-7-13(14)17/h5-10H,3-4,11H2,1-2H3. The number of para-hydroxylation sites is 1. The van der Waals surface area contributed by atoms with Gasteiger partial charge in [0.15, 0.2) is 5.78 Å². The number of hydrogen-bond donors (Lipinski definition) is 0. The van der Waals surface area contributed by atoms with Gasteiger partial charge in [-0.25, -0.2) is 4.39 Å². The van der Waals surface area contributed by atoms with Crippen molar-refractivity contribution in [3.05, 3.63) is 52.0 Å². The van der Waals surface area contributed by atoms with E-state index < -0.39 is 0 Å². The molecule has 2 nitrogen and oxygen atoms in total. The minimum atomic E-state index is -0.289. The van der Waals surface area contributed by atoms with E-state index in [1.807, 2.05) is 19.1 Å². The van der Waals surface area contributed by atoms with E-state index in [2.05, 4.69) is 6.92 Å². The third-order valence-electron chi connectivity index (χ3n) is 3.19. The van der Waals surface area contributed by atoms with E-state index in [1.54, 1.807) is 23.1 Å². The normalized spacial score (nSPS) is 10.6. The number of carbonyl (C=O) groups is 1. The fraction of sp³-hybridized carbons (Fsp3) is 0.312. The largest absolute Gasteiger partial charge is 0.362 e. The van der Waals surface area contributed by atoms with Gasteiger partial charge in [-0.2, -0.15) is 0 Å². The Hall–Kier alpha value is -1.68. The van der Waals surface area contributed by atoms with Crippen LogP contribution in [-0.2, 0) is 6.42 Å². The molecule has 0 unspecified atom stereocenters. The molecule has 2 aromatic rings. The Kier molecular flexibility index (Phi) is 4.90. The van der Waals surface area contributed by atoms with Crippen LogP contribution in [0.1, 0.15) is 28.4 Å². The van der Waals surface area contributed by atoms with Crippen LogP contribution in [0.4, 0.5) is 10.1 Å². The Morgan fingerprint density at radius 1 is 1.20 bits per heavy atom. The van der Waals surface area contributed by atoms with Gasteiger partial charge in [0.05, 0.1) is 17.1 Å². The van der Waals surface area contributed by atoms with Gasteiger partial charge in [0.2, 0.25) is 0 Å². The Labute approximate surface area is 122 Å². The van der Waals surface area contributed by atoms with Gasteiger partial charge >= 0.3 is 0 Å². The summed E-state index contributed by atoms with van der Waals surface area (Å²) in [6, 6.07) is 10.4. The summed E-state index contributed by atoms with van der Waals surface area (Å²) in [5.74, 6) is -0.248. The molecule has 1 heterocycles. The molecule has 1 aromatic heterocycles. The molecule has 106 valence electrons. The number of carbonyl (C=O) groups excluding carboxylic acids is 1. The second-order valence-corrected chi connectivity index (χ2v) is 5.68. The molecule has 0 spiro atoms. The van der Waals surface area contributed by atoms with Crippen molar-refractivity contribution in [2.45, 2.75) is 20.3 Å². The van der Waals surface area contributed by atoms with Gasteiger partial charge in [-0.3, -0.25) is 4.79 Å². The number of hydrogen-bond acceptors (Lipinski definition) is 3. The number of ketones is 1. The molecule has 0 bridgehead atoms. The van der Waals surface area contributed by atoms with Crippen molar-refractivity contribution < 1.29 is 9.18 Å². The zero-order valence-corrected chi connectivity index (χ0v) is 12.5. The van der Waals surface area contributed by atoms with E-state index in [0.717, 1.165) is 11.3 Å². The smallest absolute Gasteiger partial charge is 0.191 e. The van der Waals surface area contributed by atoms with Crippen LogP contribution >= 0.6 is 11.3 Å². The lowest BCUT2D eigenvalue weighted by Crippen LogP contribution is -2.30. The van der Waals surface area contributed by atoms with E-state index in [0.29, 0.717) is 12.2 Å². The number of benzene rings is 1. The van der Waals surface area contributed by atoms with Gasteiger partial charge in [0.1, 0.15) is 5.82 Å². The minimum absolute atomic E-state index is 0.0415. The van der Waals surface area contributed by atoms with Crippen LogP contribution in [-0.4, -0.2) is 18.9 Å². The molecule has 0 N–H and O–H groups in total. The molecule has 1 aromatic carbocycles. The maximum absolute atomic E-state index is 13.8. The summed E-state index contributed by atoms with van der Waals surface area (Å²) in [4.78, 5) is 16.0. The summed E-state index contributed by atoms with van der Waals surface area (Å²) in [5.41, 5.74) is 0.482. The number of nitrogens with zero attached hydrogens (tertiary/aromatic N) is 1. The first-order chi connectivity index (χ1) is 9.65. The summed E-state index contributed by atoms with van der Waals surface area (Å²) in [6.45, 7) is 4.79. The maximum Gasteiger partial charge on any atom is 0.191 e. The second kappa shape index (κ2) is 6.66. The maximum atomic E-state index is 13.8. The number of halogens is 1. The van der Waals surface area contributed by atoms with E-state index >= 15 is 0 Å². The van der Waals surface area contributed by atoms with Crippen molar-refractivity contribution in [2.24, 2.45) is 0 Å². The lowest BCUT2D eigenvalue weighted by molar-refractivity contribution is 0.100. The van der Waals surface area contributed by atoms with E-state index in [9.17, 15) is 9.18 Å². The van der Waals surface area contributed by atoms with Gasteiger partial charge in [0.25, 0.3) is 0 Å². The molecule has 0 fully saturated rings. The summed E-state index contributed by atoms with van der Waals surface area (Å²) < 4.78 is 13.8. The highest BCUT2D eigenvalue weighted by atomic mass is 32.1. The lowest BCUT2D eigenvalue weighted by Gasteiger charge is -2.22. The summed E-state index contributed by atoms with van der Waals surface area (Å²) in [6.07, 6.45) is 0.933. The third kappa shape index (κ3) is 3.25. The first kappa shape index (κ1) is 14.7. The molecular weight excluding hydrogens is 273 g/mol. The highest BCUT2D eigenvalue weighted by Gasteiger charge is 2.16. The quantitative estimate of drug-likeness (QED) is 0.745. The molecule has 0 aliphatic carbocycles.